The van der Waals surface area contributed by atoms with Crippen LogP contribution in [0.1, 0.15) is 32.4 Å². The average molecular weight is 309 g/mol. The Hall–Kier alpha value is -2.57. The molecule has 0 saturated carbocycles. The number of aliphatic carboxylic acids is 1. The molecule has 2 N–H and O–H groups in total. The number of carboxylic acid groups (broad SMARTS) is 1. The van der Waals surface area contributed by atoms with Crippen molar-refractivity contribution in [2.24, 2.45) is 0 Å². The third-order valence-corrected chi connectivity index (χ3v) is 2.58. The molecule has 0 saturated heterocycles. The Balaban J connectivity index is 3.03. The van der Waals surface area contributed by atoms with Crippen LogP contribution in [-0.2, 0) is 19.1 Å². The summed E-state index contributed by atoms with van der Waals surface area (Å²) in [6.07, 6.45) is -2.37. The number of alkyl carbamates (subject to hydrolysis) is 1. The van der Waals surface area contributed by atoms with E-state index in [4.69, 9.17) is 4.74 Å². The van der Waals surface area contributed by atoms with Gasteiger partial charge in [-0.2, -0.15) is 0 Å². The maximum atomic E-state index is 11.9. The van der Waals surface area contributed by atoms with Crippen LogP contribution < -0.4 is 5.32 Å². The van der Waals surface area contributed by atoms with Crippen molar-refractivity contribution in [2.45, 2.75) is 38.5 Å². The summed E-state index contributed by atoms with van der Waals surface area (Å²) < 4.78 is 9.71. The van der Waals surface area contributed by atoms with Crippen molar-refractivity contribution in [1.29, 1.82) is 0 Å². The molecule has 2 atom stereocenters. The highest BCUT2D eigenvalue weighted by molar-refractivity contribution is 5.77. The van der Waals surface area contributed by atoms with E-state index >= 15 is 0 Å². The number of benzene rings is 1. The first-order valence-corrected chi connectivity index (χ1v) is 6.61. The molecule has 1 amide bonds. The molecule has 0 fully saturated rings. The number of nitrogens with one attached hydrogen (secondary N) is 1. The van der Waals surface area contributed by atoms with Crippen LogP contribution in [-0.4, -0.2) is 35.3 Å². The number of rotatable bonds is 6. The Morgan fingerprint density at radius 3 is 2.27 bits per heavy atom. The molecule has 1 aromatic rings. The van der Waals surface area contributed by atoms with Gasteiger partial charge in [0.1, 0.15) is 11.6 Å². The van der Waals surface area contributed by atoms with Crippen LogP contribution in [0, 0.1) is 0 Å². The van der Waals surface area contributed by atoms with Crippen molar-refractivity contribution >= 4 is 18.5 Å². The number of ether oxygens (including phenoxy) is 2. The van der Waals surface area contributed by atoms with Gasteiger partial charge in [0.2, 0.25) is 6.10 Å². The van der Waals surface area contributed by atoms with Gasteiger partial charge in [-0.05, 0) is 26.3 Å². The van der Waals surface area contributed by atoms with Gasteiger partial charge >= 0.3 is 12.1 Å². The van der Waals surface area contributed by atoms with Crippen molar-refractivity contribution < 1.29 is 29.0 Å². The second kappa shape index (κ2) is 7.44. The van der Waals surface area contributed by atoms with E-state index in [1.54, 1.807) is 51.1 Å². The Labute approximate surface area is 128 Å². The topological polar surface area (TPSA) is 102 Å². The first kappa shape index (κ1) is 17.5. The lowest BCUT2D eigenvalue weighted by atomic mass is 10.0. The predicted octanol–water partition coefficient (Wildman–Crippen LogP) is 1.88. The van der Waals surface area contributed by atoms with Gasteiger partial charge in [-0.15, -0.1) is 0 Å². The van der Waals surface area contributed by atoms with E-state index in [0.29, 0.717) is 5.56 Å². The molecule has 1 rings (SSSR count). The quantitative estimate of drug-likeness (QED) is 0.778. The number of hydrogen-bond acceptors (Lipinski definition) is 5. The molecule has 0 bridgehead atoms. The van der Waals surface area contributed by atoms with Crippen LogP contribution in [0.15, 0.2) is 30.3 Å². The lowest BCUT2D eigenvalue weighted by Gasteiger charge is -2.26. The highest BCUT2D eigenvalue weighted by atomic mass is 16.6. The van der Waals surface area contributed by atoms with E-state index in [-0.39, 0.29) is 6.47 Å². The molecule has 0 unspecified atom stereocenters. The summed E-state index contributed by atoms with van der Waals surface area (Å²) in [5.41, 5.74) is -0.266. The van der Waals surface area contributed by atoms with Crippen LogP contribution in [0.2, 0.25) is 0 Å². The molecule has 0 aliphatic rings. The van der Waals surface area contributed by atoms with Crippen molar-refractivity contribution in [3.05, 3.63) is 35.9 Å². The molecule has 0 radical (unpaired) electrons. The number of carbonyl (C=O) groups excluding carboxylic acids is 2. The second-order valence-electron chi connectivity index (χ2n) is 5.53. The van der Waals surface area contributed by atoms with Crippen molar-refractivity contribution in [1.82, 2.24) is 5.32 Å². The van der Waals surface area contributed by atoms with E-state index < -0.39 is 29.8 Å². The third kappa shape index (κ3) is 5.43. The zero-order chi connectivity index (χ0) is 16.8. The molecule has 0 aliphatic carbocycles. The van der Waals surface area contributed by atoms with Gasteiger partial charge in [-0.3, -0.25) is 4.79 Å². The molecule has 120 valence electrons. The number of hydrogen-bond donors (Lipinski definition) is 2. The smallest absolute Gasteiger partial charge is 0.408 e. The molecule has 0 aromatic heterocycles. The molecule has 0 spiro atoms. The Morgan fingerprint density at radius 1 is 1.23 bits per heavy atom. The molecule has 22 heavy (non-hydrogen) atoms. The SMILES string of the molecule is CC(C)(C)OC(=O)N[C@@H](c1ccccc1)[C@@H](OC=O)C(=O)O. The van der Waals surface area contributed by atoms with Crippen LogP contribution in [0.25, 0.3) is 0 Å². The average Bonchev–Trinajstić information content (AvgIpc) is 2.41. The summed E-state index contributed by atoms with van der Waals surface area (Å²) in [5.74, 6) is -1.38. The zero-order valence-electron chi connectivity index (χ0n) is 12.6. The van der Waals surface area contributed by atoms with Gasteiger partial charge in [-0.25, -0.2) is 9.59 Å². The van der Waals surface area contributed by atoms with Gasteiger partial charge in [-0.1, -0.05) is 30.3 Å². The first-order valence-electron chi connectivity index (χ1n) is 6.61. The lowest BCUT2D eigenvalue weighted by Crippen LogP contribution is -2.43. The molecular weight excluding hydrogens is 290 g/mol. The summed E-state index contributed by atoms with van der Waals surface area (Å²) in [7, 11) is 0. The minimum atomic E-state index is -1.56. The number of amides is 1. The Kier molecular flexibility index (Phi) is 5.91. The van der Waals surface area contributed by atoms with Crippen molar-refractivity contribution in [3.8, 4) is 0 Å². The maximum absolute atomic E-state index is 11.9. The molecular formula is C15H19NO6. The van der Waals surface area contributed by atoms with Gasteiger partial charge in [0.25, 0.3) is 6.47 Å². The molecule has 7 heteroatoms. The summed E-state index contributed by atoms with van der Waals surface area (Å²) in [5, 5.41) is 11.6. The molecule has 0 aliphatic heterocycles. The summed E-state index contributed by atoms with van der Waals surface area (Å²) in [4.78, 5) is 33.7. The summed E-state index contributed by atoms with van der Waals surface area (Å²) in [6, 6.07) is 7.26. The second-order valence-corrected chi connectivity index (χ2v) is 5.53. The third-order valence-electron chi connectivity index (χ3n) is 2.58. The normalized spacial score (nSPS) is 13.6. The Morgan fingerprint density at radius 2 is 1.82 bits per heavy atom. The van der Waals surface area contributed by atoms with Gasteiger partial charge in [0.05, 0.1) is 0 Å². The van der Waals surface area contributed by atoms with E-state index in [2.05, 4.69) is 10.1 Å². The summed E-state index contributed by atoms with van der Waals surface area (Å²) in [6.45, 7) is 5.08. The van der Waals surface area contributed by atoms with Crippen LogP contribution in [0.5, 0.6) is 0 Å². The Bertz CT molecular complexity index is 523. The van der Waals surface area contributed by atoms with Crippen LogP contribution in [0.4, 0.5) is 4.79 Å². The predicted molar refractivity (Wildman–Crippen MR) is 77.1 cm³/mol. The van der Waals surface area contributed by atoms with E-state index in [0.717, 1.165) is 0 Å². The molecule has 1 aromatic carbocycles. The lowest BCUT2D eigenvalue weighted by molar-refractivity contribution is -0.158. The standard InChI is InChI=1S/C15H19NO6/c1-15(2,3)22-14(20)16-11(10-7-5-4-6-8-10)12(13(18)19)21-9-17/h4-9,11-12H,1-3H3,(H,16,20)(H,18,19)/t11-,12+/m0/s1. The zero-order valence-corrected chi connectivity index (χ0v) is 12.6. The fraction of sp³-hybridized carbons (Fsp3) is 0.400. The first-order chi connectivity index (χ1) is 10.2. The largest absolute Gasteiger partial charge is 0.478 e. The highest BCUT2D eigenvalue weighted by Gasteiger charge is 2.33. The maximum Gasteiger partial charge on any atom is 0.408 e. The number of carboxylic acids is 1. The van der Waals surface area contributed by atoms with Crippen LogP contribution >= 0.6 is 0 Å². The van der Waals surface area contributed by atoms with Crippen molar-refractivity contribution in [2.75, 3.05) is 0 Å². The van der Waals surface area contributed by atoms with Crippen LogP contribution in [0.3, 0.4) is 0 Å². The monoisotopic (exact) mass is 309 g/mol. The highest BCUT2D eigenvalue weighted by Crippen LogP contribution is 2.20. The van der Waals surface area contributed by atoms with Gasteiger partial charge in [0, 0.05) is 0 Å². The van der Waals surface area contributed by atoms with Gasteiger partial charge < -0.3 is 19.9 Å². The number of carbonyl (C=O) groups is 3. The molecule has 7 nitrogen and oxygen atoms in total. The minimum Gasteiger partial charge on any atom is -0.478 e. The fourth-order valence-electron chi connectivity index (χ4n) is 1.77. The molecule has 0 heterocycles. The fourth-order valence-corrected chi connectivity index (χ4v) is 1.77. The summed E-state index contributed by atoms with van der Waals surface area (Å²) >= 11 is 0. The van der Waals surface area contributed by atoms with E-state index in [9.17, 15) is 19.5 Å². The minimum absolute atomic E-state index is 0.0332. The van der Waals surface area contributed by atoms with Crippen molar-refractivity contribution in [3.63, 3.8) is 0 Å². The van der Waals surface area contributed by atoms with E-state index in [1.807, 2.05) is 0 Å². The van der Waals surface area contributed by atoms with Gasteiger partial charge in [0.15, 0.2) is 0 Å². The van der Waals surface area contributed by atoms with E-state index in [1.165, 1.54) is 0 Å².